The average molecular weight is 388 g/mol. The number of hydrogen-bond acceptors (Lipinski definition) is 5. The number of nitrogens with zero attached hydrogens (tertiary/aromatic N) is 4. The molecular weight excluding hydrogens is 364 g/mol. The molecule has 0 bridgehead atoms. The first-order valence-electron chi connectivity index (χ1n) is 10.1. The van der Waals surface area contributed by atoms with Crippen LogP contribution in [-0.2, 0) is 13.0 Å². The first kappa shape index (κ1) is 17.9. The quantitative estimate of drug-likeness (QED) is 0.562. The summed E-state index contributed by atoms with van der Waals surface area (Å²) in [6.45, 7) is 6.72. The van der Waals surface area contributed by atoms with Crippen molar-refractivity contribution in [1.29, 1.82) is 0 Å². The molecule has 1 saturated heterocycles. The third-order valence-corrected chi connectivity index (χ3v) is 5.74. The van der Waals surface area contributed by atoms with Crippen molar-refractivity contribution >= 4 is 27.8 Å². The molecule has 0 aliphatic carbocycles. The lowest BCUT2D eigenvalue weighted by Gasteiger charge is -2.36. The van der Waals surface area contributed by atoms with Gasteiger partial charge in [-0.2, -0.15) is 0 Å². The van der Waals surface area contributed by atoms with Gasteiger partial charge in [0.2, 0.25) is 0 Å². The lowest BCUT2D eigenvalue weighted by atomic mass is 10.1. The maximum Gasteiger partial charge on any atom is 0.251 e. The first-order chi connectivity index (χ1) is 14.2. The molecule has 7 nitrogen and oxygen atoms in total. The van der Waals surface area contributed by atoms with Crippen LogP contribution in [0, 0.1) is 0 Å². The molecule has 0 radical (unpaired) electrons. The average Bonchev–Trinajstić information content (AvgIpc) is 3.21. The molecule has 1 fully saturated rings. The molecule has 4 aromatic heterocycles. The number of H-pyrrole nitrogens is 2. The zero-order chi connectivity index (χ0) is 19.8. The van der Waals surface area contributed by atoms with Gasteiger partial charge in [-0.05, 0) is 36.2 Å². The van der Waals surface area contributed by atoms with Crippen LogP contribution in [0.4, 0.5) is 5.69 Å². The molecule has 2 N–H and O–H groups in total. The molecular formula is C22H24N6O. The number of piperazine rings is 1. The smallest absolute Gasteiger partial charge is 0.251 e. The van der Waals surface area contributed by atoms with Gasteiger partial charge in [0.25, 0.3) is 5.56 Å². The van der Waals surface area contributed by atoms with Gasteiger partial charge in [0.1, 0.15) is 5.65 Å². The Morgan fingerprint density at radius 1 is 1.07 bits per heavy atom. The molecule has 0 spiro atoms. The van der Waals surface area contributed by atoms with Crippen molar-refractivity contribution < 1.29 is 0 Å². The maximum atomic E-state index is 12.1. The number of aromatic amines is 2. The van der Waals surface area contributed by atoms with Gasteiger partial charge in [0.05, 0.1) is 22.9 Å². The van der Waals surface area contributed by atoms with E-state index in [4.69, 9.17) is 0 Å². The minimum absolute atomic E-state index is 0.0134. The van der Waals surface area contributed by atoms with E-state index in [9.17, 15) is 4.79 Å². The lowest BCUT2D eigenvalue weighted by molar-refractivity contribution is 0.249. The van der Waals surface area contributed by atoms with Gasteiger partial charge < -0.3 is 14.9 Å². The van der Waals surface area contributed by atoms with Crippen LogP contribution < -0.4 is 10.5 Å². The SMILES string of the molecule is CCc1cc2ncc(CN3CCN(c4cnc5[nH]ccc5c4)CC3)cc2[nH]c1=O. The summed E-state index contributed by atoms with van der Waals surface area (Å²) in [7, 11) is 0. The van der Waals surface area contributed by atoms with Crippen LogP contribution in [0.15, 0.2) is 47.7 Å². The summed E-state index contributed by atoms with van der Waals surface area (Å²) < 4.78 is 0. The Morgan fingerprint density at radius 2 is 1.93 bits per heavy atom. The number of nitrogens with one attached hydrogen (secondary N) is 2. The zero-order valence-corrected chi connectivity index (χ0v) is 16.5. The predicted octanol–water partition coefficient (Wildman–Crippen LogP) is 2.68. The molecule has 1 aliphatic heterocycles. The van der Waals surface area contributed by atoms with Crippen LogP contribution in [0.2, 0.25) is 0 Å². The summed E-state index contributed by atoms with van der Waals surface area (Å²) in [5, 5.41) is 1.15. The third kappa shape index (κ3) is 3.49. The van der Waals surface area contributed by atoms with Crippen molar-refractivity contribution in [3.05, 3.63) is 64.3 Å². The molecule has 148 valence electrons. The van der Waals surface area contributed by atoms with Gasteiger partial charge in [-0.25, -0.2) is 4.98 Å². The fraction of sp³-hybridized carbons (Fsp3) is 0.318. The number of fused-ring (bicyclic) bond motifs is 2. The van der Waals surface area contributed by atoms with E-state index in [0.717, 1.165) is 65.9 Å². The molecule has 0 atom stereocenters. The van der Waals surface area contributed by atoms with Crippen molar-refractivity contribution in [2.45, 2.75) is 19.9 Å². The number of aryl methyl sites for hydroxylation is 1. The normalized spacial score (nSPS) is 15.4. The Balaban J connectivity index is 1.27. The van der Waals surface area contributed by atoms with Crippen molar-refractivity contribution in [3.63, 3.8) is 0 Å². The molecule has 0 saturated carbocycles. The number of pyridine rings is 3. The molecule has 5 rings (SSSR count). The molecule has 0 aromatic carbocycles. The van der Waals surface area contributed by atoms with Crippen molar-refractivity contribution in [1.82, 2.24) is 24.8 Å². The van der Waals surface area contributed by atoms with E-state index in [0.29, 0.717) is 6.42 Å². The summed E-state index contributed by atoms with van der Waals surface area (Å²) in [4.78, 5) is 32.1. The molecule has 0 unspecified atom stereocenters. The fourth-order valence-electron chi connectivity index (χ4n) is 4.04. The summed E-state index contributed by atoms with van der Waals surface area (Å²) in [5.41, 5.74) is 5.66. The highest BCUT2D eigenvalue weighted by molar-refractivity contribution is 5.79. The second-order valence-electron chi connectivity index (χ2n) is 7.63. The van der Waals surface area contributed by atoms with Gasteiger partial charge in [-0.1, -0.05) is 6.92 Å². The Morgan fingerprint density at radius 3 is 2.76 bits per heavy atom. The highest BCUT2D eigenvalue weighted by atomic mass is 16.1. The van der Waals surface area contributed by atoms with Gasteiger partial charge in [-0.15, -0.1) is 0 Å². The number of rotatable bonds is 4. The summed E-state index contributed by atoms with van der Waals surface area (Å²) in [6, 6.07) is 8.20. The minimum Gasteiger partial charge on any atom is -0.368 e. The van der Waals surface area contributed by atoms with Gasteiger partial charge in [-0.3, -0.25) is 14.7 Å². The summed E-state index contributed by atoms with van der Waals surface area (Å²) in [6.07, 6.45) is 6.51. The Bertz CT molecular complexity index is 1220. The molecule has 4 aromatic rings. The van der Waals surface area contributed by atoms with Crippen LogP contribution in [0.3, 0.4) is 0 Å². The van der Waals surface area contributed by atoms with E-state index in [1.54, 1.807) is 0 Å². The van der Waals surface area contributed by atoms with Gasteiger partial charge in [0.15, 0.2) is 0 Å². The second kappa shape index (κ2) is 7.33. The standard InChI is InChI=1S/C22H24N6O/c1-2-16-11-19-20(26-22(16)29)9-15(12-24-19)14-27-5-7-28(8-6-27)18-10-17-3-4-23-21(17)25-13-18/h3-4,9-13H,2,5-8,14H2,1H3,(H,23,25)(H,26,29). The number of hydrogen-bond donors (Lipinski definition) is 2. The summed E-state index contributed by atoms with van der Waals surface area (Å²) in [5.74, 6) is 0. The Labute approximate surface area is 168 Å². The zero-order valence-electron chi connectivity index (χ0n) is 16.5. The van der Waals surface area contributed by atoms with E-state index in [2.05, 4.69) is 47.9 Å². The maximum absolute atomic E-state index is 12.1. The van der Waals surface area contributed by atoms with E-state index < -0.39 is 0 Å². The topological polar surface area (TPSA) is 80.9 Å². The fourth-order valence-corrected chi connectivity index (χ4v) is 4.04. The molecule has 7 heteroatoms. The first-order valence-corrected chi connectivity index (χ1v) is 10.1. The van der Waals surface area contributed by atoms with Gasteiger partial charge >= 0.3 is 0 Å². The van der Waals surface area contributed by atoms with Crippen molar-refractivity contribution in [3.8, 4) is 0 Å². The van der Waals surface area contributed by atoms with Crippen LogP contribution in [0.25, 0.3) is 22.1 Å². The highest BCUT2D eigenvalue weighted by Gasteiger charge is 2.18. The minimum atomic E-state index is -0.0134. The number of aromatic nitrogens is 4. The van der Waals surface area contributed by atoms with E-state index in [-0.39, 0.29) is 5.56 Å². The van der Waals surface area contributed by atoms with E-state index in [1.165, 1.54) is 5.69 Å². The molecule has 0 amide bonds. The van der Waals surface area contributed by atoms with Crippen LogP contribution in [-0.4, -0.2) is 51.0 Å². The second-order valence-corrected chi connectivity index (χ2v) is 7.63. The van der Waals surface area contributed by atoms with Crippen LogP contribution in [0.1, 0.15) is 18.1 Å². The van der Waals surface area contributed by atoms with Crippen LogP contribution in [0.5, 0.6) is 0 Å². The Kier molecular flexibility index (Phi) is 4.52. The molecule has 5 heterocycles. The monoisotopic (exact) mass is 388 g/mol. The lowest BCUT2D eigenvalue weighted by Crippen LogP contribution is -2.46. The number of anilines is 1. The van der Waals surface area contributed by atoms with Crippen LogP contribution >= 0.6 is 0 Å². The van der Waals surface area contributed by atoms with Gasteiger partial charge in [0, 0.05) is 56.1 Å². The summed E-state index contributed by atoms with van der Waals surface area (Å²) >= 11 is 0. The van der Waals surface area contributed by atoms with Crippen molar-refractivity contribution in [2.24, 2.45) is 0 Å². The predicted molar refractivity (Wildman–Crippen MR) is 115 cm³/mol. The molecule has 29 heavy (non-hydrogen) atoms. The Hall–Kier alpha value is -3.19. The highest BCUT2D eigenvalue weighted by Crippen LogP contribution is 2.21. The largest absolute Gasteiger partial charge is 0.368 e. The van der Waals surface area contributed by atoms with Crippen molar-refractivity contribution in [2.75, 3.05) is 31.1 Å². The third-order valence-electron chi connectivity index (χ3n) is 5.74. The van der Waals surface area contributed by atoms with E-state index in [1.807, 2.05) is 31.6 Å². The van der Waals surface area contributed by atoms with E-state index >= 15 is 0 Å². The molecule has 1 aliphatic rings.